The molecule has 0 aliphatic rings. The lowest BCUT2D eigenvalue weighted by molar-refractivity contribution is 0.413. The number of hydrogen-bond acceptors (Lipinski definition) is 6. The minimum absolute atomic E-state index is 0.188. The number of pyridine rings is 1. The summed E-state index contributed by atoms with van der Waals surface area (Å²) in [5.74, 6) is 1.74. The lowest BCUT2D eigenvalue weighted by Gasteiger charge is -2.15. The molecule has 0 spiro atoms. The number of rotatable bonds is 8. The van der Waals surface area contributed by atoms with Crippen LogP contribution in [0.15, 0.2) is 71.5 Å². The highest BCUT2D eigenvalue weighted by atomic mass is 32.2. The van der Waals surface area contributed by atoms with Crippen molar-refractivity contribution in [2.45, 2.75) is 0 Å². The van der Waals surface area contributed by atoms with Crippen LogP contribution in [0.25, 0.3) is 11.1 Å². The molecule has 8 nitrogen and oxygen atoms in total. The Morgan fingerprint density at radius 1 is 1.06 bits per heavy atom. The number of ether oxygens (including phenoxy) is 2. The Hall–Kier alpha value is -3.72. The highest BCUT2D eigenvalue weighted by Crippen LogP contribution is 2.36. The van der Waals surface area contributed by atoms with Gasteiger partial charge in [-0.05, 0) is 48.5 Å². The van der Waals surface area contributed by atoms with E-state index >= 15 is 0 Å². The van der Waals surface area contributed by atoms with Crippen molar-refractivity contribution in [2.75, 3.05) is 24.2 Å². The normalized spacial score (nSPS) is 10.9. The Morgan fingerprint density at radius 2 is 1.74 bits per heavy atom. The van der Waals surface area contributed by atoms with Gasteiger partial charge in [0.1, 0.15) is 22.9 Å². The molecule has 1 aromatic heterocycles. The molecule has 0 aliphatic heterocycles. The van der Waals surface area contributed by atoms with E-state index in [2.05, 4.69) is 16.6 Å². The summed E-state index contributed by atoms with van der Waals surface area (Å²) in [4.78, 5) is 12.3. The standard InChI is InChI=1S/C22H23N3O5S/c1-5-31(27,28)24-16-6-11-21(30-18-9-7-17(29-4)8-10-18)19(13-16)15-12-20(23-2)22(26)25(3)14-15/h5-14,23-24H,1H2,2-4H3. The van der Waals surface area contributed by atoms with Crippen LogP contribution < -0.4 is 25.1 Å². The molecule has 3 rings (SSSR count). The molecule has 0 amide bonds. The molecule has 0 unspecified atom stereocenters. The summed E-state index contributed by atoms with van der Waals surface area (Å²) in [6.45, 7) is 3.31. The van der Waals surface area contributed by atoms with Gasteiger partial charge in [-0.25, -0.2) is 8.42 Å². The third kappa shape index (κ3) is 5.07. The van der Waals surface area contributed by atoms with E-state index in [4.69, 9.17) is 9.47 Å². The third-order valence-corrected chi connectivity index (χ3v) is 5.47. The summed E-state index contributed by atoms with van der Waals surface area (Å²) in [7, 11) is 1.19. The Bertz CT molecular complexity index is 1270. The minimum Gasteiger partial charge on any atom is -0.497 e. The van der Waals surface area contributed by atoms with Crippen LogP contribution in [0.2, 0.25) is 0 Å². The molecule has 1 heterocycles. The van der Waals surface area contributed by atoms with Crippen molar-refractivity contribution in [3.63, 3.8) is 0 Å². The zero-order valence-corrected chi connectivity index (χ0v) is 18.2. The smallest absolute Gasteiger partial charge is 0.273 e. The van der Waals surface area contributed by atoms with Crippen molar-refractivity contribution in [3.8, 4) is 28.4 Å². The van der Waals surface area contributed by atoms with Crippen molar-refractivity contribution >= 4 is 21.4 Å². The van der Waals surface area contributed by atoms with Crippen LogP contribution in [0.3, 0.4) is 0 Å². The maximum absolute atomic E-state index is 12.3. The largest absolute Gasteiger partial charge is 0.497 e. The number of sulfonamides is 1. The number of aromatic nitrogens is 1. The van der Waals surface area contributed by atoms with Crippen LogP contribution in [0.5, 0.6) is 17.2 Å². The molecule has 2 N–H and O–H groups in total. The topological polar surface area (TPSA) is 98.7 Å². The van der Waals surface area contributed by atoms with Crippen LogP contribution in [0.1, 0.15) is 0 Å². The third-order valence-electron chi connectivity index (χ3n) is 4.51. The molecule has 0 fully saturated rings. The molecule has 0 atom stereocenters. The maximum atomic E-state index is 12.3. The number of nitrogens with zero attached hydrogens (tertiary/aromatic N) is 1. The van der Waals surface area contributed by atoms with E-state index in [1.54, 1.807) is 75.9 Å². The van der Waals surface area contributed by atoms with Crippen LogP contribution in [0, 0.1) is 0 Å². The Kier molecular flexibility index (Phi) is 6.36. The van der Waals surface area contributed by atoms with Gasteiger partial charge >= 0.3 is 0 Å². The lowest BCUT2D eigenvalue weighted by Crippen LogP contribution is -2.19. The molecule has 31 heavy (non-hydrogen) atoms. The van der Waals surface area contributed by atoms with Crippen molar-refractivity contribution in [3.05, 3.63) is 77.1 Å². The van der Waals surface area contributed by atoms with E-state index in [1.165, 1.54) is 4.57 Å². The Balaban J connectivity index is 2.12. The van der Waals surface area contributed by atoms with Crippen molar-refractivity contribution in [1.29, 1.82) is 0 Å². The van der Waals surface area contributed by atoms with Crippen LogP contribution in [0.4, 0.5) is 11.4 Å². The van der Waals surface area contributed by atoms with Crippen molar-refractivity contribution < 1.29 is 17.9 Å². The first kappa shape index (κ1) is 22.0. The van der Waals surface area contributed by atoms with Gasteiger partial charge in [-0.3, -0.25) is 9.52 Å². The number of methoxy groups -OCH3 is 1. The fraction of sp³-hybridized carbons (Fsp3) is 0.136. The molecule has 9 heteroatoms. The van der Waals surface area contributed by atoms with Crippen LogP contribution in [-0.4, -0.2) is 27.1 Å². The van der Waals surface area contributed by atoms with Gasteiger partial charge in [0.05, 0.1) is 7.11 Å². The average Bonchev–Trinajstić information content (AvgIpc) is 2.77. The number of nitrogens with one attached hydrogen (secondary N) is 2. The van der Waals surface area contributed by atoms with E-state index in [0.29, 0.717) is 39.8 Å². The summed E-state index contributed by atoms with van der Waals surface area (Å²) in [6, 6.07) is 13.6. The Morgan fingerprint density at radius 3 is 2.35 bits per heavy atom. The predicted molar refractivity (Wildman–Crippen MR) is 122 cm³/mol. The van der Waals surface area contributed by atoms with Crippen LogP contribution >= 0.6 is 0 Å². The van der Waals surface area contributed by atoms with Gasteiger partial charge in [-0.15, -0.1) is 0 Å². The van der Waals surface area contributed by atoms with Crippen molar-refractivity contribution in [1.82, 2.24) is 4.57 Å². The number of anilines is 2. The first-order valence-corrected chi connectivity index (χ1v) is 10.8. The van der Waals surface area contributed by atoms with E-state index in [0.717, 1.165) is 5.41 Å². The quantitative estimate of drug-likeness (QED) is 0.552. The molecule has 3 aromatic rings. The van der Waals surface area contributed by atoms with Crippen molar-refractivity contribution in [2.24, 2.45) is 7.05 Å². The maximum Gasteiger partial charge on any atom is 0.273 e. The second kappa shape index (κ2) is 8.97. The molecular weight excluding hydrogens is 418 g/mol. The summed E-state index contributed by atoms with van der Waals surface area (Å²) in [5.41, 5.74) is 1.79. The highest BCUT2D eigenvalue weighted by Gasteiger charge is 2.14. The van der Waals surface area contributed by atoms with E-state index in [1.807, 2.05) is 0 Å². The molecule has 0 saturated carbocycles. The zero-order chi connectivity index (χ0) is 22.6. The van der Waals surface area contributed by atoms with E-state index in [9.17, 15) is 13.2 Å². The first-order valence-electron chi connectivity index (χ1n) is 9.26. The summed E-state index contributed by atoms with van der Waals surface area (Å²) < 4.78 is 39.0. The SMILES string of the molecule is C=CS(=O)(=O)Nc1ccc(Oc2ccc(OC)cc2)c(-c2cc(NC)c(=O)n(C)c2)c1. The fourth-order valence-corrected chi connectivity index (χ4v) is 3.46. The molecule has 0 aliphatic carbocycles. The van der Waals surface area contributed by atoms with Gasteiger partial charge in [0, 0.05) is 42.5 Å². The number of aryl methyl sites for hydroxylation is 1. The number of benzene rings is 2. The Labute approximate surface area is 180 Å². The molecule has 0 bridgehead atoms. The fourth-order valence-electron chi connectivity index (χ4n) is 2.92. The highest BCUT2D eigenvalue weighted by molar-refractivity contribution is 7.95. The lowest BCUT2D eigenvalue weighted by atomic mass is 10.0. The van der Waals surface area contributed by atoms with Gasteiger partial charge in [0.25, 0.3) is 15.6 Å². The predicted octanol–water partition coefficient (Wildman–Crippen LogP) is 3.78. The van der Waals surface area contributed by atoms with E-state index in [-0.39, 0.29) is 5.56 Å². The average molecular weight is 442 g/mol. The second-order valence-corrected chi connectivity index (χ2v) is 8.24. The molecule has 162 valence electrons. The van der Waals surface area contributed by atoms with Gasteiger partial charge in [-0.1, -0.05) is 6.58 Å². The second-order valence-electron chi connectivity index (χ2n) is 6.61. The minimum atomic E-state index is -3.69. The molecule has 0 radical (unpaired) electrons. The molecular formula is C22H23N3O5S. The van der Waals surface area contributed by atoms with Gasteiger partial charge in [0.15, 0.2) is 0 Å². The van der Waals surface area contributed by atoms with Crippen LogP contribution in [-0.2, 0) is 17.1 Å². The van der Waals surface area contributed by atoms with Gasteiger partial charge < -0.3 is 19.4 Å². The van der Waals surface area contributed by atoms with Gasteiger partial charge in [-0.2, -0.15) is 0 Å². The number of hydrogen-bond donors (Lipinski definition) is 2. The zero-order valence-electron chi connectivity index (χ0n) is 17.4. The monoisotopic (exact) mass is 441 g/mol. The molecule has 2 aromatic carbocycles. The summed E-state index contributed by atoms with van der Waals surface area (Å²) >= 11 is 0. The summed E-state index contributed by atoms with van der Waals surface area (Å²) in [5, 5.41) is 3.71. The first-order chi connectivity index (χ1) is 14.8. The van der Waals surface area contributed by atoms with E-state index < -0.39 is 10.0 Å². The summed E-state index contributed by atoms with van der Waals surface area (Å²) in [6.07, 6.45) is 1.66. The van der Waals surface area contributed by atoms with Gasteiger partial charge in [0.2, 0.25) is 0 Å². The molecule has 0 saturated heterocycles.